The van der Waals surface area contributed by atoms with Gasteiger partial charge in [-0.3, -0.25) is 0 Å². The van der Waals surface area contributed by atoms with Crippen molar-refractivity contribution in [3.63, 3.8) is 0 Å². The molecule has 0 aromatic heterocycles. The monoisotopic (exact) mass is 326 g/mol. The molecule has 0 fully saturated rings. The number of ether oxygens (including phenoxy) is 2. The van der Waals surface area contributed by atoms with Crippen LogP contribution in [0.2, 0.25) is 0 Å². The molecule has 122 valence electrons. The predicted molar refractivity (Wildman–Crippen MR) is 102 cm³/mol. The molecule has 0 unspecified atom stereocenters. The van der Waals surface area contributed by atoms with E-state index in [0.29, 0.717) is 0 Å². The number of fused-ring (bicyclic) bond motifs is 7. The van der Waals surface area contributed by atoms with E-state index in [9.17, 15) is 0 Å². The summed E-state index contributed by atoms with van der Waals surface area (Å²) in [4.78, 5) is 0. The molecular formula is C23H18O2. The quantitative estimate of drug-likeness (QED) is 0.394. The van der Waals surface area contributed by atoms with Crippen LogP contribution in [0.4, 0.5) is 0 Å². The molecule has 0 bridgehead atoms. The lowest BCUT2D eigenvalue weighted by Crippen LogP contribution is -2.03. The predicted octanol–water partition coefficient (Wildman–Crippen LogP) is 6.01. The van der Waals surface area contributed by atoms with E-state index >= 15 is 0 Å². The van der Waals surface area contributed by atoms with Crippen LogP contribution in [0.25, 0.3) is 32.7 Å². The summed E-state index contributed by atoms with van der Waals surface area (Å²) in [6, 6.07) is 21.5. The molecule has 2 heteroatoms. The van der Waals surface area contributed by atoms with Gasteiger partial charge in [0.15, 0.2) is 0 Å². The maximum atomic E-state index is 5.92. The van der Waals surface area contributed by atoms with Crippen molar-refractivity contribution in [3.05, 3.63) is 71.8 Å². The average Bonchev–Trinajstić information content (AvgIpc) is 2.80. The Labute approximate surface area is 146 Å². The summed E-state index contributed by atoms with van der Waals surface area (Å²) in [5.41, 5.74) is 4.76. The fourth-order valence-electron chi connectivity index (χ4n) is 3.77. The Kier molecular flexibility index (Phi) is 3.01. The molecular weight excluding hydrogens is 308 g/mol. The Balaban J connectivity index is 1.97. The van der Waals surface area contributed by atoms with Crippen molar-refractivity contribution in [3.8, 4) is 22.6 Å². The Morgan fingerprint density at radius 3 is 1.56 bits per heavy atom. The maximum absolute atomic E-state index is 5.92. The summed E-state index contributed by atoms with van der Waals surface area (Å²) in [5, 5.41) is 4.84. The second-order valence-electron chi connectivity index (χ2n) is 6.73. The van der Waals surface area contributed by atoms with Gasteiger partial charge in [0.05, 0.1) is 0 Å². The Bertz CT molecular complexity index is 1050. The van der Waals surface area contributed by atoms with Crippen molar-refractivity contribution >= 4 is 21.5 Å². The van der Waals surface area contributed by atoms with Gasteiger partial charge < -0.3 is 9.47 Å². The van der Waals surface area contributed by atoms with Crippen LogP contribution in [0.5, 0.6) is 11.5 Å². The lowest BCUT2D eigenvalue weighted by molar-refractivity contribution is 0.125. The molecule has 1 aliphatic heterocycles. The number of benzene rings is 4. The fraction of sp³-hybridized carbons (Fsp3) is 0.130. The Morgan fingerprint density at radius 1 is 0.600 bits per heavy atom. The zero-order chi connectivity index (χ0) is 17.0. The number of rotatable bonds is 0. The Morgan fingerprint density at radius 2 is 1.08 bits per heavy atom. The van der Waals surface area contributed by atoms with Crippen LogP contribution >= 0.6 is 0 Å². The lowest BCUT2D eigenvalue weighted by atomic mass is 9.91. The molecule has 4 aromatic carbocycles. The van der Waals surface area contributed by atoms with Crippen LogP contribution < -0.4 is 9.47 Å². The molecule has 0 spiro atoms. The van der Waals surface area contributed by atoms with Gasteiger partial charge in [-0.15, -0.1) is 0 Å². The fourth-order valence-corrected chi connectivity index (χ4v) is 3.77. The zero-order valence-corrected chi connectivity index (χ0v) is 14.3. The highest BCUT2D eigenvalue weighted by atomic mass is 16.7. The smallest absolute Gasteiger partial charge is 0.230 e. The highest BCUT2D eigenvalue weighted by molar-refractivity contribution is 6.10. The van der Waals surface area contributed by atoms with Gasteiger partial charge in [-0.2, -0.15) is 0 Å². The molecule has 0 saturated carbocycles. The van der Waals surface area contributed by atoms with Gasteiger partial charge >= 0.3 is 0 Å². The normalized spacial score (nSPS) is 12.9. The SMILES string of the molecule is Cc1ccc2c3c(ccc2c1)OCOc1ccc2cc(C)ccc2c1-3. The topological polar surface area (TPSA) is 18.5 Å². The van der Waals surface area contributed by atoms with Gasteiger partial charge in [0.1, 0.15) is 11.5 Å². The van der Waals surface area contributed by atoms with Gasteiger partial charge in [-0.1, -0.05) is 59.7 Å². The zero-order valence-electron chi connectivity index (χ0n) is 14.3. The molecule has 0 N–H and O–H groups in total. The molecule has 1 aliphatic rings. The third-order valence-electron chi connectivity index (χ3n) is 4.95. The van der Waals surface area contributed by atoms with E-state index in [1.54, 1.807) is 0 Å². The first-order valence-corrected chi connectivity index (χ1v) is 8.53. The van der Waals surface area contributed by atoms with Crippen molar-refractivity contribution in [1.29, 1.82) is 0 Å². The second-order valence-corrected chi connectivity index (χ2v) is 6.73. The molecule has 25 heavy (non-hydrogen) atoms. The van der Waals surface area contributed by atoms with Gasteiger partial charge in [0.25, 0.3) is 0 Å². The van der Waals surface area contributed by atoms with Crippen molar-refractivity contribution in [2.45, 2.75) is 13.8 Å². The summed E-state index contributed by atoms with van der Waals surface area (Å²) in [7, 11) is 0. The van der Waals surface area contributed by atoms with Crippen LogP contribution in [-0.2, 0) is 0 Å². The van der Waals surface area contributed by atoms with E-state index in [1.807, 2.05) is 0 Å². The molecule has 0 radical (unpaired) electrons. The molecule has 0 saturated heterocycles. The first kappa shape index (κ1) is 14.4. The van der Waals surface area contributed by atoms with E-state index in [0.717, 1.165) is 22.6 Å². The van der Waals surface area contributed by atoms with Crippen molar-refractivity contribution in [1.82, 2.24) is 0 Å². The van der Waals surface area contributed by atoms with Crippen LogP contribution in [0.15, 0.2) is 60.7 Å². The largest absolute Gasteiger partial charge is 0.457 e. The average molecular weight is 326 g/mol. The van der Waals surface area contributed by atoms with E-state index in [4.69, 9.17) is 9.47 Å². The van der Waals surface area contributed by atoms with E-state index in [-0.39, 0.29) is 6.79 Å². The van der Waals surface area contributed by atoms with E-state index < -0.39 is 0 Å². The highest BCUT2D eigenvalue weighted by Gasteiger charge is 2.21. The van der Waals surface area contributed by atoms with Crippen molar-refractivity contribution < 1.29 is 9.47 Å². The Hall–Kier alpha value is -3.00. The van der Waals surface area contributed by atoms with Gasteiger partial charge in [0.2, 0.25) is 6.79 Å². The minimum absolute atomic E-state index is 0.231. The minimum Gasteiger partial charge on any atom is -0.457 e. The van der Waals surface area contributed by atoms with E-state index in [2.05, 4.69) is 74.5 Å². The summed E-state index contributed by atoms with van der Waals surface area (Å²) in [6.07, 6.45) is 0. The van der Waals surface area contributed by atoms with Crippen molar-refractivity contribution in [2.75, 3.05) is 6.79 Å². The minimum atomic E-state index is 0.231. The first-order chi connectivity index (χ1) is 12.2. The van der Waals surface area contributed by atoms with Crippen LogP contribution in [0, 0.1) is 13.8 Å². The highest BCUT2D eigenvalue weighted by Crippen LogP contribution is 2.47. The first-order valence-electron chi connectivity index (χ1n) is 8.53. The molecule has 4 aromatic rings. The maximum Gasteiger partial charge on any atom is 0.230 e. The van der Waals surface area contributed by atoms with Gasteiger partial charge in [-0.05, 0) is 47.5 Å². The molecule has 5 rings (SSSR count). The van der Waals surface area contributed by atoms with Crippen LogP contribution in [-0.4, -0.2) is 6.79 Å². The summed E-state index contributed by atoms with van der Waals surface area (Å²) in [5.74, 6) is 1.76. The van der Waals surface area contributed by atoms with Crippen LogP contribution in [0.1, 0.15) is 11.1 Å². The summed E-state index contributed by atoms with van der Waals surface area (Å²) >= 11 is 0. The summed E-state index contributed by atoms with van der Waals surface area (Å²) in [6.45, 7) is 4.47. The number of aryl methyl sites for hydroxylation is 2. The van der Waals surface area contributed by atoms with Gasteiger partial charge in [-0.25, -0.2) is 0 Å². The number of hydrogen-bond donors (Lipinski definition) is 0. The van der Waals surface area contributed by atoms with Crippen LogP contribution in [0.3, 0.4) is 0 Å². The standard InChI is InChI=1S/C23H18O2/c1-14-3-7-18-16(11-14)5-9-20-22(18)23-19-8-4-15(2)12-17(19)6-10-21(23)25-13-24-20/h3-12H,13H2,1-2H3. The third-order valence-corrected chi connectivity index (χ3v) is 4.95. The molecule has 0 atom stereocenters. The molecule has 0 aliphatic carbocycles. The second kappa shape index (κ2) is 5.25. The molecule has 2 nitrogen and oxygen atoms in total. The molecule has 1 heterocycles. The third kappa shape index (κ3) is 2.18. The van der Waals surface area contributed by atoms with Gasteiger partial charge in [0, 0.05) is 11.1 Å². The van der Waals surface area contributed by atoms with E-state index in [1.165, 1.54) is 32.7 Å². The molecule has 0 amide bonds. The lowest BCUT2D eigenvalue weighted by Gasteiger charge is -2.14. The summed E-state index contributed by atoms with van der Waals surface area (Å²) < 4.78 is 11.8. The number of hydrogen-bond acceptors (Lipinski definition) is 2. The van der Waals surface area contributed by atoms with Crippen molar-refractivity contribution in [2.24, 2.45) is 0 Å².